The van der Waals surface area contributed by atoms with Crippen molar-refractivity contribution in [1.29, 1.82) is 0 Å². The zero-order chi connectivity index (χ0) is 13.0. The molecule has 0 N–H and O–H groups in total. The minimum Gasteiger partial charge on any atom is -0.464 e. The van der Waals surface area contributed by atoms with Gasteiger partial charge >= 0.3 is 5.97 Å². The monoisotopic (exact) mass is 242 g/mol. The number of hydrogen-bond donors (Lipinski definition) is 0. The van der Waals surface area contributed by atoms with Gasteiger partial charge in [-0.15, -0.1) is 0 Å². The fourth-order valence-corrected chi connectivity index (χ4v) is 1.44. The van der Waals surface area contributed by atoms with Crippen LogP contribution in [0.25, 0.3) is 11.3 Å². The summed E-state index contributed by atoms with van der Waals surface area (Å²) < 4.78 is 4.58. The Labute approximate surface area is 103 Å². The fourth-order valence-electron chi connectivity index (χ4n) is 1.44. The summed E-state index contributed by atoms with van der Waals surface area (Å²) in [5, 5.41) is 0. The van der Waals surface area contributed by atoms with Crippen LogP contribution >= 0.6 is 0 Å². The minimum absolute atomic E-state index is 0.148. The Balaban J connectivity index is 2.37. The third-order valence-electron chi connectivity index (χ3n) is 2.37. The molecule has 18 heavy (non-hydrogen) atoms. The maximum absolute atomic E-state index is 11.3. The van der Waals surface area contributed by atoms with Gasteiger partial charge in [-0.05, 0) is 0 Å². The lowest BCUT2D eigenvalue weighted by Gasteiger charge is -2.03. The second-order valence-electron chi connectivity index (χ2n) is 3.52. The van der Waals surface area contributed by atoms with Gasteiger partial charge in [0, 0.05) is 11.1 Å². The van der Waals surface area contributed by atoms with E-state index in [-0.39, 0.29) is 5.69 Å². The molecule has 1 aromatic carbocycles. The Morgan fingerprint density at radius 1 is 1.22 bits per heavy atom. The van der Waals surface area contributed by atoms with E-state index in [2.05, 4.69) is 14.7 Å². The van der Waals surface area contributed by atoms with Crippen LogP contribution in [0.1, 0.15) is 20.8 Å². The van der Waals surface area contributed by atoms with Crippen LogP contribution in [-0.4, -0.2) is 29.3 Å². The largest absolute Gasteiger partial charge is 0.464 e. The van der Waals surface area contributed by atoms with Crippen molar-refractivity contribution in [2.75, 3.05) is 7.11 Å². The smallest absolute Gasteiger partial charge is 0.358 e. The topological polar surface area (TPSA) is 69.2 Å². The second-order valence-corrected chi connectivity index (χ2v) is 3.52. The summed E-state index contributed by atoms with van der Waals surface area (Å²) in [6.45, 7) is 0. The molecule has 0 unspecified atom stereocenters. The quantitative estimate of drug-likeness (QED) is 0.605. The first-order chi connectivity index (χ1) is 8.74. The van der Waals surface area contributed by atoms with E-state index in [4.69, 9.17) is 0 Å². The van der Waals surface area contributed by atoms with Gasteiger partial charge in [-0.25, -0.2) is 9.78 Å². The maximum Gasteiger partial charge on any atom is 0.358 e. The van der Waals surface area contributed by atoms with E-state index in [1.165, 1.54) is 13.3 Å². The van der Waals surface area contributed by atoms with Crippen LogP contribution in [-0.2, 0) is 4.74 Å². The number of hydrogen-bond acceptors (Lipinski definition) is 5. The molecule has 1 heterocycles. The summed E-state index contributed by atoms with van der Waals surface area (Å²) in [6, 6.07) is 6.84. The molecule has 0 radical (unpaired) electrons. The van der Waals surface area contributed by atoms with E-state index < -0.39 is 5.97 Å². The first-order valence-electron chi connectivity index (χ1n) is 5.20. The molecule has 0 spiro atoms. The SMILES string of the molecule is COC(=O)c1cncc(-c2ccc(C=O)cc2)n1. The minimum atomic E-state index is -0.533. The molecule has 0 aliphatic carbocycles. The van der Waals surface area contributed by atoms with Crippen LogP contribution in [0.3, 0.4) is 0 Å². The predicted molar refractivity (Wildman–Crippen MR) is 64.2 cm³/mol. The Hall–Kier alpha value is -2.56. The van der Waals surface area contributed by atoms with Crippen LogP contribution in [0.2, 0.25) is 0 Å². The molecular formula is C13H10N2O3. The maximum atomic E-state index is 11.3. The molecular weight excluding hydrogens is 232 g/mol. The number of nitrogens with zero attached hydrogens (tertiary/aromatic N) is 2. The summed E-state index contributed by atoms with van der Waals surface area (Å²) in [4.78, 5) is 30.0. The van der Waals surface area contributed by atoms with Gasteiger partial charge in [0.15, 0.2) is 5.69 Å². The Bertz CT molecular complexity index is 579. The number of rotatable bonds is 3. The van der Waals surface area contributed by atoms with Gasteiger partial charge in [-0.3, -0.25) is 9.78 Å². The Morgan fingerprint density at radius 3 is 2.56 bits per heavy atom. The molecule has 1 aromatic heterocycles. The highest BCUT2D eigenvalue weighted by Gasteiger charge is 2.09. The first-order valence-corrected chi connectivity index (χ1v) is 5.20. The average molecular weight is 242 g/mol. The third-order valence-corrected chi connectivity index (χ3v) is 2.37. The van der Waals surface area contributed by atoms with E-state index >= 15 is 0 Å². The highest BCUT2D eigenvalue weighted by Crippen LogP contribution is 2.16. The second kappa shape index (κ2) is 5.18. The average Bonchev–Trinajstić information content (AvgIpc) is 2.46. The standard InChI is InChI=1S/C13H10N2O3/c1-18-13(17)12-7-14-6-11(15-12)10-4-2-9(8-16)3-5-10/h2-8H,1H3. The van der Waals surface area contributed by atoms with Crippen LogP contribution < -0.4 is 0 Å². The van der Waals surface area contributed by atoms with Crippen molar-refractivity contribution < 1.29 is 14.3 Å². The number of esters is 1. The Kier molecular flexibility index (Phi) is 3.43. The van der Waals surface area contributed by atoms with E-state index in [9.17, 15) is 9.59 Å². The van der Waals surface area contributed by atoms with Crippen molar-refractivity contribution >= 4 is 12.3 Å². The summed E-state index contributed by atoms with van der Waals surface area (Å²) in [7, 11) is 1.29. The third kappa shape index (κ3) is 2.40. The summed E-state index contributed by atoms with van der Waals surface area (Å²) in [6.07, 6.45) is 3.65. The van der Waals surface area contributed by atoms with Gasteiger partial charge in [0.25, 0.3) is 0 Å². The summed E-state index contributed by atoms with van der Waals surface area (Å²) in [5.41, 5.74) is 2.06. The van der Waals surface area contributed by atoms with E-state index in [0.717, 1.165) is 11.8 Å². The molecule has 0 fully saturated rings. The number of ether oxygens (including phenoxy) is 1. The van der Waals surface area contributed by atoms with E-state index in [1.54, 1.807) is 30.5 Å². The lowest BCUT2D eigenvalue weighted by molar-refractivity contribution is 0.0593. The van der Waals surface area contributed by atoms with Crippen LogP contribution in [0.5, 0.6) is 0 Å². The van der Waals surface area contributed by atoms with E-state index in [1.807, 2.05) is 0 Å². The fraction of sp³-hybridized carbons (Fsp3) is 0.0769. The molecule has 2 aromatic rings. The number of aromatic nitrogens is 2. The highest BCUT2D eigenvalue weighted by atomic mass is 16.5. The van der Waals surface area contributed by atoms with Gasteiger partial charge in [0.1, 0.15) is 6.29 Å². The molecule has 0 aliphatic rings. The lowest BCUT2D eigenvalue weighted by Crippen LogP contribution is -2.05. The molecule has 0 saturated heterocycles. The van der Waals surface area contributed by atoms with Gasteiger partial charge < -0.3 is 4.74 Å². The number of benzene rings is 1. The highest BCUT2D eigenvalue weighted by molar-refractivity contribution is 5.87. The van der Waals surface area contributed by atoms with Gasteiger partial charge in [-0.1, -0.05) is 24.3 Å². The molecule has 5 nitrogen and oxygen atoms in total. The zero-order valence-corrected chi connectivity index (χ0v) is 9.66. The van der Waals surface area contributed by atoms with Gasteiger partial charge in [0.05, 0.1) is 25.2 Å². The number of aldehydes is 1. The predicted octanol–water partition coefficient (Wildman–Crippen LogP) is 1.74. The molecule has 0 bridgehead atoms. The zero-order valence-electron chi connectivity index (χ0n) is 9.66. The molecule has 5 heteroatoms. The van der Waals surface area contributed by atoms with Gasteiger partial charge in [0.2, 0.25) is 0 Å². The normalized spacial score (nSPS) is 9.83. The van der Waals surface area contributed by atoms with Crippen LogP contribution in [0, 0.1) is 0 Å². The number of carbonyl (C=O) groups excluding carboxylic acids is 2. The summed E-state index contributed by atoms with van der Waals surface area (Å²) in [5.74, 6) is -0.533. The molecule has 2 rings (SSSR count). The van der Waals surface area contributed by atoms with Crippen LogP contribution in [0.15, 0.2) is 36.7 Å². The van der Waals surface area contributed by atoms with Crippen molar-refractivity contribution in [2.24, 2.45) is 0 Å². The van der Waals surface area contributed by atoms with Crippen molar-refractivity contribution in [3.8, 4) is 11.3 Å². The first kappa shape index (κ1) is 11.9. The van der Waals surface area contributed by atoms with Gasteiger partial charge in [-0.2, -0.15) is 0 Å². The van der Waals surface area contributed by atoms with E-state index in [0.29, 0.717) is 11.3 Å². The van der Waals surface area contributed by atoms with Crippen molar-refractivity contribution in [1.82, 2.24) is 9.97 Å². The molecule has 0 atom stereocenters. The van der Waals surface area contributed by atoms with Crippen molar-refractivity contribution in [2.45, 2.75) is 0 Å². The summed E-state index contributed by atoms with van der Waals surface area (Å²) >= 11 is 0. The lowest BCUT2D eigenvalue weighted by atomic mass is 10.1. The van der Waals surface area contributed by atoms with Crippen LogP contribution in [0.4, 0.5) is 0 Å². The molecule has 0 amide bonds. The van der Waals surface area contributed by atoms with Crippen molar-refractivity contribution in [3.63, 3.8) is 0 Å². The number of methoxy groups -OCH3 is 1. The molecule has 0 aliphatic heterocycles. The number of carbonyl (C=O) groups is 2. The molecule has 0 saturated carbocycles. The van der Waals surface area contributed by atoms with Crippen molar-refractivity contribution in [3.05, 3.63) is 47.9 Å². The molecule has 90 valence electrons. The Morgan fingerprint density at radius 2 is 1.94 bits per heavy atom.